The number of nitrogens with one attached hydrogen (secondary N) is 1. The fourth-order valence-corrected chi connectivity index (χ4v) is 3.05. The summed E-state index contributed by atoms with van der Waals surface area (Å²) in [4.78, 5) is 0. The third-order valence-electron chi connectivity index (χ3n) is 2.33. The monoisotopic (exact) mass is 268 g/mol. The highest BCUT2D eigenvalue weighted by atomic mass is 32.2. The lowest BCUT2D eigenvalue weighted by molar-refractivity contribution is 0.391. The van der Waals surface area contributed by atoms with Crippen molar-refractivity contribution in [1.29, 1.82) is 0 Å². The van der Waals surface area contributed by atoms with Crippen LogP contribution in [0.4, 0.5) is 5.13 Å². The van der Waals surface area contributed by atoms with Crippen molar-refractivity contribution >= 4 is 28.2 Å². The number of hydrogen-bond donors (Lipinski definition) is 1. The van der Waals surface area contributed by atoms with Crippen molar-refractivity contribution in [1.82, 2.24) is 15.4 Å². The zero-order chi connectivity index (χ0) is 11.7. The Bertz CT molecular complexity index is 506. The molecule has 1 aliphatic rings. The molecule has 0 aliphatic heterocycles. The minimum atomic E-state index is 0.623. The second-order valence-corrected chi connectivity index (χ2v) is 6.22. The molecule has 17 heavy (non-hydrogen) atoms. The Labute approximate surface area is 107 Å². The number of aromatic nitrogens is 3. The van der Waals surface area contributed by atoms with Gasteiger partial charge in [0.2, 0.25) is 5.13 Å². The van der Waals surface area contributed by atoms with Crippen molar-refractivity contribution in [2.45, 2.75) is 35.9 Å². The predicted molar refractivity (Wildman–Crippen MR) is 67.4 cm³/mol. The summed E-state index contributed by atoms with van der Waals surface area (Å²) in [5.41, 5.74) is 0.911. The molecule has 1 aliphatic carbocycles. The molecule has 0 amide bonds. The molecule has 7 heteroatoms. The van der Waals surface area contributed by atoms with E-state index in [0.717, 1.165) is 26.7 Å². The molecule has 0 atom stereocenters. The molecular formula is C10H12N4OS2. The first-order chi connectivity index (χ1) is 8.29. The minimum absolute atomic E-state index is 0.623. The van der Waals surface area contributed by atoms with E-state index in [2.05, 4.69) is 20.7 Å². The Balaban J connectivity index is 1.55. The van der Waals surface area contributed by atoms with Crippen LogP contribution in [-0.2, 0) is 5.75 Å². The molecule has 5 nitrogen and oxygen atoms in total. The van der Waals surface area contributed by atoms with Crippen LogP contribution in [0.15, 0.2) is 14.9 Å². The van der Waals surface area contributed by atoms with E-state index in [-0.39, 0.29) is 0 Å². The quantitative estimate of drug-likeness (QED) is 0.841. The van der Waals surface area contributed by atoms with Gasteiger partial charge in [0.05, 0.1) is 11.4 Å². The van der Waals surface area contributed by atoms with Gasteiger partial charge < -0.3 is 9.84 Å². The second-order valence-electron chi connectivity index (χ2n) is 4.02. The molecule has 1 saturated carbocycles. The Morgan fingerprint density at radius 2 is 2.41 bits per heavy atom. The first-order valence-electron chi connectivity index (χ1n) is 5.44. The van der Waals surface area contributed by atoms with Gasteiger partial charge in [-0.15, -0.1) is 10.2 Å². The van der Waals surface area contributed by atoms with Gasteiger partial charge in [0.25, 0.3) is 0 Å². The van der Waals surface area contributed by atoms with Crippen LogP contribution in [0.25, 0.3) is 0 Å². The summed E-state index contributed by atoms with van der Waals surface area (Å²) in [6, 6.07) is 2.56. The maximum atomic E-state index is 5.14. The van der Waals surface area contributed by atoms with Gasteiger partial charge in [0.15, 0.2) is 4.34 Å². The zero-order valence-corrected chi connectivity index (χ0v) is 11.0. The Morgan fingerprint density at radius 1 is 1.53 bits per heavy atom. The summed E-state index contributed by atoms with van der Waals surface area (Å²) in [6.45, 7) is 1.92. The van der Waals surface area contributed by atoms with E-state index >= 15 is 0 Å². The molecule has 0 spiro atoms. The summed E-state index contributed by atoms with van der Waals surface area (Å²) in [6.07, 6.45) is 2.50. The second kappa shape index (κ2) is 4.66. The molecular weight excluding hydrogens is 256 g/mol. The van der Waals surface area contributed by atoms with Crippen LogP contribution < -0.4 is 5.32 Å². The van der Waals surface area contributed by atoms with Crippen LogP contribution in [0.1, 0.15) is 24.3 Å². The summed E-state index contributed by atoms with van der Waals surface area (Å²) in [5.74, 6) is 1.62. The smallest absolute Gasteiger partial charge is 0.206 e. The highest BCUT2D eigenvalue weighted by Gasteiger charge is 2.22. The van der Waals surface area contributed by atoms with Gasteiger partial charge in [-0.05, 0) is 19.8 Å². The molecule has 90 valence electrons. The molecule has 0 unspecified atom stereocenters. The average molecular weight is 268 g/mol. The lowest BCUT2D eigenvalue weighted by atomic mass is 10.4. The number of nitrogens with zero attached hydrogens (tertiary/aromatic N) is 3. The van der Waals surface area contributed by atoms with Crippen LogP contribution in [0.2, 0.25) is 0 Å². The van der Waals surface area contributed by atoms with Crippen LogP contribution in [0.5, 0.6) is 0 Å². The molecule has 0 aromatic carbocycles. The minimum Gasteiger partial charge on any atom is -0.360 e. The molecule has 2 aromatic rings. The van der Waals surface area contributed by atoms with Crippen LogP contribution >= 0.6 is 23.1 Å². The average Bonchev–Trinajstić information content (AvgIpc) is 2.84. The topological polar surface area (TPSA) is 63.8 Å². The molecule has 2 aromatic heterocycles. The van der Waals surface area contributed by atoms with E-state index in [1.165, 1.54) is 12.8 Å². The summed E-state index contributed by atoms with van der Waals surface area (Å²) in [5, 5.41) is 16.3. The van der Waals surface area contributed by atoms with E-state index in [0.29, 0.717) is 6.04 Å². The Hall–Kier alpha value is -1.08. The Kier molecular flexibility index (Phi) is 3.02. The standard InChI is InChI=1S/C10H12N4OS2/c1-6-4-8(15-14-6)5-16-10-13-12-9(17-10)11-7-2-3-7/h4,7H,2-3,5H2,1H3,(H,11,12). The van der Waals surface area contributed by atoms with Gasteiger partial charge in [-0.25, -0.2) is 0 Å². The van der Waals surface area contributed by atoms with Crippen LogP contribution in [0.3, 0.4) is 0 Å². The third-order valence-corrected chi connectivity index (χ3v) is 4.34. The first kappa shape index (κ1) is 11.0. The van der Waals surface area contributed by atoms with E-state index in [4.69, 9.17) is 4.52 Å². The normalized spacial score (nSPS) is 15.1. The molecule has 1 fully saturated rings. The van der Waals surface area contributed by atoms with E-state index in [1.807, 2.05) is 13.0 Å². The SMILES string of the molecule is Cc1cc(CSc2nnc(NC3CC3)s2)on1. The van der Waals surface area contributed by atoms with E-state index < -0.39 is 0 Å². The summed E-state index contributed by atoms with van der Waals surface area (Å²) >= 11 is 3.22. The largest absolute Gasteiger partial charge is 0.360 e. The van der Waals surface area contributed by atoms with Gasteiger partial charge in [-0.1, -0.05) is 28.3 Å². The first-order valence-corrected chi connectivity index (χ1v) is 7.25. The maximum Gasteiger partial charge on any atom is 0.206 e. The van der Waals surface area contributed by atoms with Gasteiger partial charge in [-0.3, -0.25) is 0 Å². The van der Waals surface area contributed by atoms with Crippen molar-refractivity contribution in [2.24, 2.45) is 0 Å². The van der Waals surface area contributed by atoms with Gasteiger partial charge in [-0.2, -0.15) is 0 Å². The number of rotatable bonds is 5. The summed E-state index contributed by atoms with van der Waals surface area (Å²) in [7, 11) is 0. The fourth-order valence-electron chi connectivity index (χ4n) is 1.35. The van der Waals surface area contributed by atoms with E-state index in [1.54, 1.807) is 23.1 Å². The van der Waals surface area contributed by atoms with Gasteiger partial charge in [0, 0.05) is 12.1 Å². The Morgan fingerprint density at radius 3 is 3.12 bits per heavy atom. The number of anilines is 1. The van der Waals surface area contributed by atoms with Crippen molar-refractivity contribution < 1.29 is 4.52 Å². The zero-order valence-electron chi connectivity index (χ0n) is 9.34. The number of hydrogen-bond acceptors (Lipinski definition) is 7. The fraction of sp³-hybridized carbons (Fsp3) is 0.500. The van der Waals surface area contributed by atoms with Crippen molar-refractivity contribution in [2.75, 3.05) is 5.32 Å². The van der Waals surface area contributed by atoms with Crippen molar-refractivity contribution in [3.05, 3.63) is 17.5 Å². The molecule has 1 N–H and O–H groups in total. The lowest BCUT2D eigenvalue weighted by Gasteiger charge is -1.94. The number of thioether (sulfide) groups is 1. The number of aryl methyl sites for hydroxylation is 1. The highest BCUT2D eigenvalue weighted by Crippen LogP contribution is 2.31. The molecule has 2 heterocycles. The summed E-state index contributed by atoms with van der Waals surface area (Å²) < 4.78 is 6.10. The van der Waals surface area contributed by atoms with Crippen molar-refractivity contribution in [3.63, 3.8) is 0 Å². The molecule has 0 saturated heterocycles. The van der Waals surface area contributed by atoms with Gasteiger partial charge >= 0.3 is 0 Å². The molecule has 0 radical (unpaired) electrons. The lowest BCUT2D eigenvalue weighted by Crippen LogP contribution is -1.99. The highest BCUT2D eigenvalue weighted by molar-refractivity contribution is 8.00. The van der Waals surface area contributed by atoms with E-state index in [9.17, 15) is 0 Å². The van der Waals surface area contributed by atoms with Crippen molar-refractivity contribution in [3.8, 4) is 0 Å². The van der Waals surface area contributed by atoms with Crippen LogP contribution in [0, 0.1) is 6.92 Å². The molecule has 0 bridgehead atoms. The maximum absolute atomic E-state index is 5.14. The van der Waals surface area contributed by atoms with Gasteiger partial charge in [0.1, 0.15) is 5.76 Å². The predicted octanol–water partition coefficient (Wildman–Crippen LogP) is 2.70. The van der Waals surface area contributed by atoms with Crippen LogP contribution in [-0.4, -0.2) is 21.4 Å². The third kappa shape index (κ3) is 2.98. The molecule has 3 rings (SSSR count).